The lowest BCUT2D eigenvalue weighted by Crippen LogP contribution is -2.47. The van der Waals surface area contributed by atoms with Crippen LogP contribution in [0.1, 0.15) is 65.5 Å². The monoisotopic (exact) mass is 682 g/mol. The molecule has 0 radical (unpaired) electrons. The first-order chi connectivity index (χ1) is 19.9. The molecule has 220 valence electrons. The van der Waals surface area contributed by atoms with E-state index in [1.165, 1.54) is 12.1 Å². The highest BCUT2D eigenvalue weighted by atomic mass is 127. The van der Waals surface area contributed by atoms with Crippen molar-refractivity contribution in [2.24, 2.45) is 0 Å². The van der Waals surface area contributed by atoms with Crippen molar-refractivity contribution < 1.29 is 14.0 Å². The number of carbonyl (C=O) groups excluding carboxylic acids is 2. The summed E-state index contributed by atoms with van der Waals surface area (Å²) >= 11 is 2.21. The van der Waals surface area contributed by atoms with Gasteiger partial charge in [-0.2, -0.15) is 0 Å². The van der Waals surface area contributed by atoms with Crippen molar-refractivity contribution in [2.45, 2.75) is 65.5 Å². The van der Waals surface area contributed by atoms with Crippen molar-refractivity contribution >= 4 is 46.0 Å². The van der Waals surface area contributed by atoms with Gasteiger partial charge in [0.05, 0.1) is 0 Å². The third kappa shape index (κ3) is 6.97. The van der Waals surface area contributed by atoms with Gasteiger partial charge in [0.25, 0.3) is 0 Å². The summed E-state index contributed by atoms with van der Waals surface area (Å²) in [6, 6.07) is 13.5. The van der Waals surface area contributed by atoms with Gasteiger partial charge >= 0.3 is 0 Å². The summed E-state index contributed by atoms with van der Waals surface area (Å²) in [5.41, 5.74) is 1.13. The number of hydrazine groups is 2. The molecule has 10 heteroatoms. The first-order valence-corrected chi connectivity index (χ1v) is 15.0. The molecular weight excluding hydrogens is 646 g/mol. The number of aromatic nitrogens is 2. The maximum atomic E-state index is 12.9. The number of anilines is 2. The molecule has 0 N–H and O–H groups in total. The number of carbonyl (C=O) groups is 2. The Morgan fingerprint density at radius 1 is 0.738 bits per heavy atom. The van der Waals surface area contributed by atoms with Gasteiger partial charge in [-0.05, 0) is 98.8 Å². The summed E-state index contributed by atoms with van der Waals surface area (Å²) in [7, 11) is 0. The summed E-state index contributed by atoms with van der Waals surface area (Å²) < 4.78 is 14.0. The number of hydrogen-bond donors (Lipinski definition) is 0. The van der Waals surface area contributed by atoms with Crippen LogP contribution in [-0.4, -0.2) is 56.0 Å². The topological polar surface area (TPSA) is 72.9 Å². The van der Waals surface area contributed by atoms with E-state index in [0.717, 1.165) is 27.8 Å². The highest BCUT2D eigenvalue weighted by Crippen LogP contribution is 2.33. The Bertz CT molecular complexity index is 1480. The average molecular weight is 683 g/mol. The average Bonchev–Trinajstić information content (AvgIpc) is 3.33. The van der Waals surface area contributed by atoms with Gasteiger partial charge in [-0.3, -0.25) is 9.59 Å². The molecule has 3 aromatic rings. The lowest BCUT2D eigenvalue weighted by atomic mass is 10.0. The second-order valence-electron chi connectivity index (χ2n) is 11.3. The molecule has 8 nitrogen and oxygen atoms in total. The highest BCUT2D eigenvalue weighted by Gasteiger charge is 2.45. The third-order valence-corrected chi connectivity index (χ3v) is 7.85. The van der Waals surface area contributed by atoms with Crippen LogP contribution in [0.25, 0.3) is 0 Å². The van der Waals surface area contributed by atoms with Crippen molar-refractivity contribution in [1.82, 2.24) is 20.0 Å². The van der Waals surface area contributed by atoms with Gasteiger partial charge in [0, 0.05) is 64.1 Å². The molecule has 2 saturated heterocycles. The number of halogens is 2. The van der Waals surface area contributed by atoms with E-state index in [-0.39, 0.29) is 28.7 Å². The summed E-state index contributed by atoms with van der Waals surface area (Å²) in [6.45, 7) is 13.9. The Kier molecular flexibility index (Phi) is 9.65. The van der Waals surface area contributed by atoms with Crippen molar-refractivity contribution in [3.8, 4) is 11.8 Å². The van der Waals surface area contributed by atoms with E-state index < -0.39 is 0 Å². The van der Waals surface area contributed by atoms with Gasteiger partial charge in [0.15, 0.2) is 0 Å². The van der Waals surface area contributed by atoms with Crippen LogP contribution in [0.5, 0.6) is 0 Å². The Labute approximate surface area is 261 Å². The predicted octanol–water partition coefficient (Wildman–Crippen LogP) is 5.81. The highest BCUT2D eigenvalue weighted by molar-refractivity contribution is 14.1. The first-order valence-electron chi connectivity index (χ1n) is 13.9. The summed E-state index contributed by atoms with van der Waals surface area (Å²) in [4.78, 5) is 33.2. The molecule has 0 unspecified atom stereocenters. The Balaban J connectivity index is 0.000000208. The lowest BCUT2D eigenvalue weighted by molar-refractivity contribution is -0.118. The second kappa shape index (κ2) is 12.9. The predicted molar refractivity (Wildman–Crippen MR) is 171 cm³/mol. The summed E-state index contributed by atoms with van der Waals surface area (Å²) in [5, 5.41) is 7.46. The third-order valence-electron chi connectivity index (χ3n) is 7.21. The summed E-state index contributed by atoms with van der Waals surface area (Å²) in [6.07, 6.45) is 4.43. The fourth-order valence-corrected chi connectivity index (χ4v) is 5.60. The van der Waals surface area contributed by atoms with Crippen LogP contribution >= 0.6 is 22.6 Å². The van der Waals surface area contributed by atoms with Crippen LogP contribution in [0.15, 0.2) is 60.9 Å². The van der Waals surface area contributed by atoms with Gasteiger partial charge in [-0.1, -0.05) is 25.7 Å². The normalized spacial score (nSPS) is 18.0. The largest absolute Gasteiger partial charge is 0.273 e. The van der Waals surface area contributed by atoms with E-state index in [1.807, 2.05) is 30.1 Å². The zero-order chi connectivity index (χ0) is 30.7. The molecule has 42 heavy (non-hydrogen) atoms. The smallest absolute Gasteiger partial charge is 0.244 e. The quantitative estimate of drug-likeness (QED) is 0.256. The van der Waals surface area contributed by atoms with E-state index in [2.05, 4.69) is 84.0 Å². The van der Waals surface area contributed by atoms with E-state index in [1.54, 1.807) is 40.6 Å². The van der Waals surface area contributed by atoms with Crippen molar-refractivity contribution in [1.29, 1.82) is 0 Å². The number of pyridine rings is 2. The van der Waals surface area contributed by atoms with Crippen LogP contribution in [0.3, 0.4) is 0 Å². The molecular formula is C32H36FIN6O2. The molecule has 0 bridgehead atoms. The number of rotatable bonds is 4. The molecule has 2 aliphatic heterocycles. The van der Waals surface area contributed by atoms with Gasteiger partial charge in [0.2, 0.25) is 11.8 Å². The minimum Gasteiger partial charge on any atom is -0.273 e. The zero-order valence-electron chi connectivity index (χ0n) is 24.9. The minimum absolute atomic E-state index is 0.0458. The number of amides is 2. The number of benzene rings is 1. The molecule has 2 aliphatic rings. The molecule has 0 atom stereocenters. The maximum absolute atomic E-state index is 12.9. The standard InChI is InChI=1S/C20H20FN3O.C12H16IN3O/c1-4-23-20(2,3)13-19(25)24(23)18-12-9-16(14-22-18)6-5-15-7-10-17(21)11-8-15;1-4-15-12(2,3)7-11(17)16(15)10-6-5-9(13)8-14-10/h7-12,14H,4,13H2,1-3H3;5-6,8H,4,7H2,1-3H3. The summed E-state index contributed by atoms with van der Waals surface area (Å²) in [5.74, 6) is 7.16. The Morgan fingerprint density at radius 2 is 1.19 bits per heavy atom. The van der Waals surface area contributed by atoms with Gasteiger partial charge in [-0.25, -0.2) is 34.4 Å². The fourth-order valence-electron chi connectivity index (χ4n) is 5.28. The number of hydrogen-bond acceptors (Lipinski definition) is 6. The van der Waals surface area contributed by atoms with Crippen LogP contribution in [0.2, 0.25) is 0 Å². The molecule has 1 aromatic carbocycles. The molecule has 0 spiro atoms. The van der Waals surface area contributed by atoms with Crippen LogP contribution in [0, 0.1) is 21.2 Å². The Morgan fingerprint density at radius 3 is 1.62 bits per heavy atom. The van der Waals surface area contributed by atoms with Gasteiger partial charge in [0.1, 0.15) is 17.5 Å². The SMILES string of the molecule is CCN1N(c2ccc(C#Cc3ccc(F)cc3)cn2)C(=O)CC1(C)C.CCN1N(c2ccc(I)cn2)C(=O)CC1(C)C. The molecule has 0 saturated carbocycles. The second-order valence-corrected chi connectivity index (χ2v) is 12.6. The molecule has 2 amide bonds. The first kappa shape index (κ1) is 31.5. The van der Waals surface area contributed by atoms with E-state index in [9.17, 15) is 14.0 Å². The van der Waals surface area contributed by atoms with E-state index in [0.29, 0.717) is 24.5 Å². The van der Waals surface area contributed by atoms with Crippen LogP contribution in [0.4, 0.5) is 16.0 Å². The maximum Gasteiger partial charge on any atom is 0.244 e. The molecule has 2 fully saturated rings. The Hall–Kier alpha value is -3.40. The molecule has 4 heterocycles. The van der Waals surface area contributed by atoms with Gasteiger partial charge < -0.3 is 0 Å². The van der Waals surface area contributed by atoms with Crippen molar-refractivity contribution in [2.75, 3.05) is 23.1 Å². The molecule has 2 aromatic heterocycles. The zero-order valence-corrected chi connectivity index (χ0v) is 27.0. The van der Waals surface area contributed by atoms with Gasteiger partial charge in [-0.15, -0.1) is 0 Å². The fraction of sp³-hybridized carbons (Fsp3) is 0.375. The van der Waals surface area contributed by atoms with Crippen LogP contribution in [-0.2, 0) is 9.59 Å². The van der Waals surface area contributed by atoms with E-state index >= 15 is 0 Å². The lowest BCUT2D eigenvalue weighted by Gasteiger charge is -2.34. The molecule has 5 rings (SSSR count). The van der Waals surface area contributed by atoms with Crippen molar-refractivity contribution in [3.63, 3.8) is 0 Å². The van der Waals surface area contributed by atoms with E-state index in [4.69, 9.17) is 0 Å². The molecule has 0 aliphatic carbocycles. The minimum atomic E-state index is -0.282. The number of nitrogens with zero attached hydrogens (tertiary/aromatic N) is 6. The van der Waals surface area contributed by atoms with Crippen LogP contribution < -0.4 is 10.0 Å². The van der Waals surface area contributed by atoms with Crippen molar-refractivity contribution in [3.05, 3.63) is 81.4 Å².